The SMILES string of the molecule is CCOC[C@H]1CN(Cc2cccs2)Cc2nn(CC)cc21. The van der Waals surface area contributed by atoms with Gasteiger partial charge in [-0.2, -0.15) is 5.10 Å². The molecule has 0 fully saturated rings. The van der Waals surface area contributed by atoms with E-state index in [4.69, 9.17) is 9.84 Å². The topological polar surface area (TPSA) is 30.3 Å². The number of hydrogen-bond donors (Lipinski definition) is 0. The molecule has 0 aromatic carbocycles. The van der Waals surface area contributed by atoms with Gasteiger partial charge in [0.05, 0.1) is 12.3 Å². The number of nitrogens with zero attached hydrogens (tertiary/aromatic N) is 3. The zero-order valence-corrected chi connectivity index (χ0v) is 13.6. The van der Waals surface area contributed by atoms with Crippen molar-refractivity contribution < 1.29 is 4.74 Å². The van der Waals surface area contributed by atoms with E-state index in [2.05, 4.69) is 47.1 Å². The lowest BCUT2D eigenvalue weighted by Gasteiger charge is -2.31. The third kappa shape index (κ3) is 3.36. The van der Waals surface area contributed by atoms with Crippen molar-refractivity contribution in [2.45, 2.75) is 39.4 Å². The van der Waals surface area contributed by atoms with Gasteiger partial charge in [-0.15, -0.1) is 11.3 Å². The maximum atomic E-state index is 5.70. The van der Waals surface area contributed by atoms with Gasteiger partial charge in [-0.25, -0.2) is 0 Å². The van der Waals surface area contributed by atoms with Crippen LogP contribution < -0.4 is 0 Å². The lowest BCUT2D eigenvalue weighted by atomic mass is 9.95. The molecule has 21 heavy (non-hydrogen) atoms. The number of ether oxygens (including phenoxy) is 1. The van der Waals surface area contributed by atoms with Crippen molar-refractivity contribution >= 4 is 11.3 Å². The molecule has 5 heteroatoms. The number of thiophene rings is 1. The van der Waals surface area contributed by atoms with Crippen molar-refractivity contribution in [1.29, 1.82) is 0 Å². The minimum atomic E-state index is 0.439. The van der Waals surface area contributed by atoms with Gasteiger partial charge < -0.3 is 4.74 Å². The highest BCUT2D eigenvalue weighted by Crippen LogP contribution is 2.29. The van der Waals surface area contributed by atoms with E-state index < -0.39 is 0 Å². The van der Waals surface area contributed by atoms with E-state index in [0.717, 1.165) is 39.4 Å². The highest BCUT2D eigenvalue weighted by Gasteiger charge is 2.28. The molecular weight excluding hydrogens is 282 g/mol. The van der Waals surface area contributed by atoms with Crippen LogP contribution >= 0.6 is 11.3 Å². The molecule has 2 aromatic heterocycles. The van der Waals surface area contributed by atoms with Gasteiger partial charge in [0.2, 0.25) is 0 Å². The summed E-state index contributed by atoms with van der Waals surface area (Å²) in [6, 6.07) is 4.33. The zero-order chi connectivity index (χ0) is 14.7. The van der Waals surface area contributed by atoms with Crippen LogP contribution in [0.1, 0.15) is 35.9 Å². The summed E-state index contributed by atoms with van der Waals surface area (Å²) < 4.78 is 7.75. The van der Waals surface area contributed by atoms with Crippen LogP contribution in [0.2, 0.25) is 0 Å². The molecule has 114 valence electrons. The largest absolute Gasteiger partial charge is 0.381 e. The average molecular weight is 305 g/mol. The molecule has 1 aliphatic rings. The summed E-state index contributed by atoms with van der Waals surface area (Å²) in [5.41, 5.74) is 2.61. The van der Waals surface area contributed by atoms with Crippen LogP contribution in [0.4, 0.5) is 0 Å². The zero-order valence-electron chi connectivity index (χ0n) is 12.8. The molecule has 1 atom stereocenters. The van der Waals surface area contributed by atoms with Crippen LogP contribution in [0.3, 0.4) is 0 Å². The molecule has 0 unspecified atom stereocenters. The quantitative estimate of drug-likeness (QED) is 0.821. The molecule has 0 saturated carbocycles. The molecular formula is C16H23N3OS. The second-order valence-electron chi connectivity index (χ2n) is 5.49. The van der Waals surface area contributed by atoms with Crippen molar-refractivity contribution in [3.05, 3.63) is 39.8 Å². The molecule has 0 amide bonds. The maximum absolute atomic E-state index is 5.70. The van der Waals surface area contributed by atoms with Gasteiger partial charge in [0, 0.05) is 55.3 Å². The molecule has 4 nitrogen and oxygen atoms in total. The van der Waals surface area contributed by atoms with Gasteiger partial charge in [-0.3, -0.25) is 9.58 Å². The second-order valence-corrected chi connectivity index (χ2v) is 6.52. The number of aryl methyl sites for hydroxylation is 1. The molecule has 0 spiro atoms. The Morgan fingerprint density at radius 1 is 1.43 bits per heavy atom. The highest BCUT2D eigenvalue weighted by molar-refractivity contribution is 7.09. The van der Waals surface area contributed by atoms with Crippen molar-refractivity contribution in [3.8, 4) is 0 Å². The Bertz CT molecular complexity index is 564. The normalized spacial score (nSPS) is 18.9. The van der Waals surface area contributed by atoms with Crippen LogP contribution in [0.25, 0.3) is 0 Å². The van der Waals surface area contributed by atoms with Gasteiger partial charge in [-0.05, 0) is 25.3 Å². The lowest BCUT2D eigenvalue weighted by molar-refractivity contribution is 0.105. The fourth-order valence-corrected chi connectivity index (χ4v) is 3.68. The summed E-state index contributed by atoms with van der Waals surface area (Å²) in [5.74, 6) is 0.439. The summed E-state index contributed by atoms with van der Waals surface area (Å²) in [7, 11) is 0. The first kappa shape index (κ1) is 14.8. The summed E-state index contributed by atoms with van der Waals surface area (Å²) in [4.78, 5) is 3.91. The van der Waals surface area contributed by atoms with Crippen LogP contribution in [0.15, 0.2) is 23.7 Å². The van der Waals surface area contributed by atoms with E-state index in [-0.39, 0.29) is 0 Å². The molecule has 3 rings (SSSR count). The van der Waals surface area contributed by atoms with Gasteiger partial charge >= 0.3 is 0 Å². The van der Waals surface area contributed by atoms with E-state index in [1.54, 1.807) is 0 Å². The summed E-state index contributed by atoms with van der Waals surface area (Å²) in [5, 5.41) is 6.88. The Balaban J connectivity index is 1.77. The predicted octanol–water partition coefficient (Wildman–Crippen LogP) is 3.10. The Morgan fingerprint density at radius 3 is 3.05 bits per heavy atom. The van der Waals surface area contributed by atoms with Crippen LogP contribution in [-0.4, -0.2) is 34.4 Å². The van der Waals surface area contributed by atoms with Crippen LogP contribution in [0.5, 0.6) is 0 Å². The first-order chi connectivity index (χ1) is 10.3. The highest BCUT2D eigenvalue weighted by atomic mass is 32.1. The minimum Gasteiger partial charge on any atom is -0.381 e. The molecule has 0 saturated heterocycles. The van der Waals surface area contributed by atoms with E-state index >= 15 is 0 Å². The monoisotopic (exact) mass is 305 g/mol. The molecule has 0 bridgehead atoms. The van der Waals surface area contributed by atoms with Crippen molar-refractivity contribution in [1.82, 2.24) is 14.7 Å². The Morgan fingerprint density at radius 2 is 2.33 bits per heavy atom. The Hall–Kier alpha value is -1.17. The third-order valence-corrected chi connectivity index (χ3v) is 4.83. The standard InChI is InChI=1S/C16H23N3OS/c1-3-19-10-15-13(12-20-4-2)8-18(11-16(15)17-19)9-14-6-5-7-21-14/h5-7,10,13H,3-4,8-9,11-12H2,1-2H3/t13-/m1/s1. The molecule has 0 aliphatic carbocycles. The van der Waals surface area contributed by atoms with Gasteiger partial charge in [0.25, 0.3) is 0 Å². The summed E-state index contributed by atoms with van der Waals surface area (Å²) in [6.45, 7) is 9.71. The molecule has 0 N–H and O–H groups in total. The predicted molar refractivity (Wildman–Crippen MR) is 85.6 cm³/mol. The number of rotatable bonds is 6. The first-order valence-corrected chi connectivity index (χ1v) is 8.56. The first-order valence-electron chi connectivity index (χ1n) is 7.68. The third-order valence-electron chi connectivity index (χ3n) is 3.97. The Labute approximate surface area is 130 Å². The van der Waals surface area contributed by atoms with Crippen molar-refractivity contribution in [2.75, 3.05) is 19.8 Å². The summed E-state index contributed by atoms with van der Waals surface area (Å²) >= 11 is 1.83. The van der Waals surface area contributed by atoms with Crippen molar-refractivity contribution in [3.63, 3.8) is 0 Å². The maximum Gasteiger partial charge on any atom is 0.0801 e. The van der Waals surface area contributed by atoms with Gasteiger partial charge in [0.1, 0.15) is 0 Å². The van der Waals surface area contributed by atoms with Crippen molar-refractivity contribution in [2.24, 2.45) is 0 Å². The van der Waals surface area contributed by atoms with E-state index in [0.29, 0.717) is 5.92 Å². The minimum absolute atomic E-state index is 0.439. The van der Waals surface area contributed by atoms with Crippen LogP contribution in [-0.2, 0) is 24.4 Å². The van der Waals surface area contributed by atoms with Crippen LogP contribution in [0, 0.1) is 0 Å². The average Bonchev–Trinajstić information content (AvgIpc) is 3.13. The van der Waals surface area contributed by atoms with E-state index in [1.165, 1.54) is 16.1 Å². The van der Waals surface area contributed by atoms with Gasteiger partial charge in [-0.1, -0.05) is 6.07 Å². The lowest BCUT2D eigenvalue weighted by Crippen LogP contribution is -2.34. The molecule has 3 heterocycles. The van der Waals surface area contributed by atoms with E-state index in [1.807, 2.05) is 11.3 Å². The molecule has 2 aromatic rings. The number of fused-ring (bicyclic) bond motifs is 1. The van der Waals surface area contributed by atoms with E-state index in [9.17, 15) is 0 Å². The fraction of sp³-hybridized carbons (Fsp3) is 0.562. The number of hydrogen-bond acceptors (Lipinski definition) is 4. The summed E-state index contributed by atoms with van der Waals surface area (Å²) in [6.07, 6.45) is 2.21. The second kappa shape index (κ2) is 6.73. The molecule has 0 radical (unpaired) electrons. The van der Waals surface area contributed by atoms with Gasteiger partial charge in [0.15, 0.2) is 0 Å². The fourth-order valence-electron chi connectivity index (χ4n) is 2.94. The molecule has 1 aliphatic heterocycles. The smallest absolute Gasteiger partial charge is 0.0801 e. The number of aromatic nitrogens is 2. The Kier molecular flexibility index (Phi) is 4.73.